The van der Waals surface area contributed by atoms with Crippen LogP contribution < -0.4 is 10.6 Å². The van der Waals surface area contributed by atoms with Crippen molar-refractivity contribution < 1.29 is 9.18 Å². The van der Waals surface area contributed by atoms with Crippen LogP contribution in [0.25, 0.3) is 11.3 Å². The van der Waals surface area contributed by atoms with E-state index in [1.165, 1.54) is 38.1 Å². The van der Waals surface area contributed by atoms with Crippen molar-refractivity contribution in [3.8, 4) is 11.3 Å². The zero-order valence-electron chi connectivity index (χ0n) is 21.2. The second-order valence-electron chi connectivity index (χ2n) is 10.6. The van der Waals surface area contributed by atoms with Gasteiger partial charge in [0.1, 0.15) is 23.2 Å². The van der Waals surface area contributed by atoms with Gasteiger partial charge in [0, 0.05) is 50.9 Å². The molecule has 8 nitrogen and oxygen atoms in total. The topological polar surface area (TPSA) is 73.9 Å². The van der Waals surface area contributed by atoms with Gasteiger partial charge in [-0.1, -0.05) is 0 Å². The highest BCUT2D eigenvalue weighted by molar-refractivity contribution is 5.80. The van der Waals surface area contributed by atoms with E-state index in [4.69, 9.17) is 10.7 Å². The van der Waals surface area contributed by atoms with Gasteiger partial charge in [0.25, 0.3) is 0 Å². The van der Waals surface area contributed by atoms with Gasteiger partial charge in [-0.15, -0.1) is 0 Å². The van der Waals surface area contributed by atoms with Crippen LogP contribution in [0.15, 0.2) is 24.3 Å². The van der Waals surface area contributed by atoms with Gasteiger partial charge in [0.2, 0.25) is 5.91 Å². The lowest BCUT2D eigenvalue weighted by Gasteiger charge is -2.45. The van der Waals surface area contributed by atoms with Crippen LogP contribution in [-0.2, 0) is 16.9 Å². The van der Waals surface area contributed by atoms with Gasteiger partial charge in [-0.2, -0.15) is 0 Å². The molecule has 1 aromatic carbocycles. The summed E-state index contributed by atoms with van der Waals surface area (Å²) in [6.45, 7) is 11.6. The SMILES string of the molecule is CN1CCC(N2CCN(c3c(-c4ccc(F)cc4)nc4n3CCN(C(=O)CN)C4(C)C)CC2)CC1. The third kappa shape index (κ3) is 4.45. The molecule has 5 rings (SSSR count). The fourth-order valence-corrected chi connectivity index (χ4v) is 6.05. The quantitative estimate of drug-likeness (QED) is 0.717. The number of piperazine rings is 1. The van der Waals surface area contributed by atoms with Gasteiger partial charge in [-0.25, -0.2) is 9.37 Å². The molecule has 0 bridgehead atoms. The number of rotatable bonds is 4. The maximum Gasteiger partial charge on any atom is 0.237 e. The molecule has 0 spiro atoms. The Kier molecular flexibility index (Phi) is 6.59. The maximum absolute atomic E-state index is 13.7. The molecule has 0 unspecified atom stereocenters. The summed E-state index contributed by atoms with van der Waals surface area (Å²) in [6.07, 6.45) is 2.47. The lowest BCUT2D eigenvalue weighted by molar-refractivity contribution is -0.137. The molecule has 35 heavy (non-hydrogen) atoms. The van der Waals surface area contributed by atoms with Crippen molar-refractivity contribution in [2.75, 3.05) is 64.3 Å². The van der Waals surface area contributed by atoms with Crippen LogP contribution in [0.2, 0.25) is 0 Å². The minimum atomic E-state index is -0.586. The number of carbonyl (C=O) groups is 1. The van der Waals surface area contributed by atoms with Crippen molar-refractivity contribution in [2.45, 2.75) is 44.8 Å². The Labute approximate surface area is 207 Å². The average molecular weight is 484 g/mol. The lowest BCUT2D eigenvalue weighted by Crippen LogP contribution is -2.55. The Morgan fingerprint density at radius 3 is 2.31 bits per heavy atom. The van der Waals surface area contributed by atoms with E-state index in [0.29, 0.717) is 19.1 Å². The predicted molar refractivity (Wildman–Crippen MR) is 136 cm³/mol. The normalized spacial score (nSPS) is 21.9. The number of hydrogen-bond donors (Lipinski definition) is 1. The number of hydrogen-bond acceptors (Lipinski definition) is 6. The number of halogens is 1. The summed E-state index contributed by atoms with van der Waals surface area (Å²) in [5.74, 6) is 1.62. The first kappa shape index (κ1) is 24.2. The molecule has 0 saturated carbocycles. The molecule has 190 valence electrons. The summed E-state index contributed by atoms with van der Waals surface area (Å²) in [6, 6.07) is 7.25. The summed E-state index contributed by atoms with van der Waals surface area (Å²) in [7, 11) is 2.21. The monoisotopic (exact) mass is 483 g/mol. The van der Waals surface area contributed by atoms with Crippen molar-refractivity contribution in [1.82, 2.24) is 24.3 Å². The van der Waals surface area contributed by atoms with E-state index in [1.54, 1.807) is 12.1 Å². The number of nitrogens with two attached hydrogens (primary N) is 1. The number of piperidine rings is 1. The molecule has 2 N–H and O–H groups in total. The standard InChI is InChI=1S/C26H38FN7O/c1-26(2)25-29-23(19-4-6-20(27)7-5-19)24(33(25)16-17-34(26)22(35)18-28)32-14-12-31(13-15-32)21-8-10-30(3)11-9-21/h4-7,21H,8-18,28H2,1-3H3. The Balaban J connectivity index is 1.47. The minimum Gasteiger partial charge on any atom is -0.354 e. The fraction of sp³-hybridized carbons (Fsp3) is 0.615. The minimum absolute atomic E-state index is 0.0132. The number of aromatic nitrogens is 2. The first-order chi connectivity index (χ1) is 16.8. The molecule has 0 atom stereocenters. The lowest BCUT2D eigenvalue weighted by atomic mass is 9.99. The second-order valence-corrected chi connectivity index (χ2v) is 10.6. The number of likely N-dealkylation sites (tertiary alicyclic amines) is 1. The van der Waals surface area contributed by atoms with E-state index >= 15 is 0 Å². The molecule has 0 radical (unpaired) electrons. The second kappa shape index (κ2) is 9.52. The van der Waals surface area contributed by atoms with Crippen LogP contribution >= 0.6 is 0 Å². The van der Waals surface area contributed by atoms with Gasteiger partial charge >= 0.3 is 0 Å². The van der Waals surface area contributed by atoms with E-state index in [2.05, 4.69) is 26.3 Å². The Hall–Kier alpha value is -2.49. The van der Waals surface area contributed by atoms with Crippen LogP contribution in [0, 0.1) is 5.82 Å². The van der Waals surface area contributed by atoms with Crippen LogP contribution in [0.3, 0.4) is 0 Å². The van der Waals surface area contributed by atoms with E-state index < -0.39 is 5.54 Å². The Morgan fingerprint density at radius 2 is 1.69 bits per heavy atom. The molecule has 3 aliphatic rings. The molecule has 2 aromatic rings. The number of anilines is 1. The molecule has 9 heteroatoms. The first-order valence-corrected chi connectivity index (χ1v) is 12.8. The summed E-state index contributed by atoms with van der Waals surface area (Å²) < 4.78 is 16.0. The third-order valence-corrected chi connectivity index (χ3v) is 8.12. The van der Waals surface area contributed by atoms with Crippen LogP contribution in [0.1, 0.15) is 32.5 Å². The maximum atomic E-state index is 13.7. The number of imidazole rings is 1. The highest BCUT2D eigenvalue weighted by Gasteiger charge is 2.42. The van der Waals surface area contributed by atoms with Crippen molar-refractivity contribution in [1.29, 1.82) is 0 Å². The van der Waals surface area contributed by atoms with E-state index in [1.807, 2.05) is 18.7 Å². The smallest absolute Gasteiger partial charge is 0.237 e. The molecule has 0 aliphatic carbocycles. The van der Waals surface area contributed by atoms with Crippen LogP contribution in [0.4, 0.5) is 10.2 Å². The molecular weight excluding hydrogens is 445 g/mol. The van der Waals surface area contributed by atoms with Gasteiger partial charge in [0.15, 0.2) is 0 Å². The number of carbonyl (C=O) groups excluding carboxylic acids is 1. The first-order valence-electron chi connectivity index (χ1n) is 12.8. The number of amides is 1. The summed E-state index contributed by atoms with van der Waals surface area (Å²) >= 11 is 0. The highest BCUT2D eigenvalue weighted by Crippen LogP contribution is 2.40. The summed E-state index contributed by atoms with van der Waals surface area (Å²) in [5.41, 5.74) is 6.89. The average Bonchev–Trinajstić information content (AvgIpc) is 3.26. The van der Waals surface area contributed by atoms with Crippen molar-refractivity contribution >= 4 is 11.7 Å². The number of nitrogens with zero attached hydrogens (tertiary/aromatic N) is 6. The Morgan fingerprint density at radius 1 is 1.03 bits per heavy atom. The third-order valence-electron chi connectivity index (χ3n) is 8.12. The predicted octanol–water partition coefficient (Wildman–Crippen LogP) is 1.94. The largest absolute Gasteiger partial charge is 0.354 e. The summed E-state index contributed by atoms with van der Waals surface area (Å²) in [5, 5.41) is 0. The van der Waals surface area contributed by atoms with Gasteiger partial charge in [-0.3, -0.25) is 9.69 Å². The molecule has 2 fully saturated rings. The van der Waals surface area contributed by atoms with Gasteiger partial charge < -0.3 is 25.0 Å². The van der Waals surface area contributed by atoms with E-state index in [9.17, 15) is 9.18 Å². The highest BCUT2D eigenvalue weighted by atomic mass is 19.1. The van der Waals surface area contributed by atoms with E-state index in [0.717, 1.165) is 49.1 Å². The van der Waals surface area contributed by atoms with Crippen molar-refractivity contribution in [3.05, 3.63) is 35.9 Å². The Bertz CT molecular complexity index is 1050. The zero-order valence-corrected chi connectivity index (χ0v) is 21.2. The molecule has 4 heterocycles. The van der Waals surface area contributed by atoms with Gasteiger partial charge in [-0.05, 0) is 71.1 Å². The molecule has 3 aliphatic heterocycles. The van der Waals surface area contributed by atoms with Crippen molar-refractivity contribution in [3.63, 3.8) is 0 Å². The van der Waals surface area contributed by atoms with E-state index in [-0.39, 0.29) is 18.3 Å². The number of benzene rings is 1. The van der Waals surface area contributed by atoms with Crippen molar-refractivity contribution in [2.24, 2.45) is 5.73 Å². The molecule has 1 aromatic heterocycles. The van der Waals surface area contributed by atoms with Gasteiger partial charge in [0.05, 0.1) is 12.1 Å². The van der Waals surface area contributed by atoms with Crippen LogP contribution in [0.5, 0.6) is 0 Å². The zero-order chi connectivity index (χ0) is 24.7. The molecular formula is C26H38FN7O. The molecule has 2 saturated heterocycles. The fourth-order valence-electron chi connectivity index (χ4n) is 6.05. The summed E-state index contributed by atoms with van der Waals surface area (Å²) in [4.78, 5) is 27.1. The van der Waals surface area contributed by atoms with Crippen LogP contribution in [-0.4, -0.2) is 95.6 Å². The number of fused-ring (bicyclic) bond motifs is 1. The molecule has 1 amide bonds.